The third-order valence-electron chi connectivity index (χ3n) is 2.32. The van der Waals surface area contributed by atoms with Crippen LogP contribution in [0.3, 0.4) is 0 Å². The smallest absolute Gasteiger partial charge is 0.162 e. The van der Waals surface area contributed by atoms with E-state index in [2.05, 4.69) is 0 Å². The second-order valence-electron chi connectivity index (χ2n) is 3.83. The average molecular weight is 265 g/mol. The van der Waals surface area contributed by atoms with Gasteiger partial charge in [0.05, 0.1) is 24.8 Å². The summed E-state index contributed by atoms with van der Waals surface area (Å²) in [7, 11) is 0. The molecule has 0 amide bonds. The van der Waals surface area contributed by atoms with Crippen LogP contribution in [0.1, 0.15) is 19.4 Å². The van der Waals surface area contributed by atoms with Gasteiger partial charge in [0.2, 0.25) is 0 Å². The molecule has 0 saturated heterocycles. The van der Waals surface area contributed by atoms with Crippen LogP contribution in [-0.4, -0.2) is 37.6 Å². The third kappa shape index (κ3) is 5.16. The first-order valence-electron chi connectivity index (χ1n) is 6.26. The first-order chi connectivity index (χ1) is 9.21. The van der Waals surface area contributed by atoms with Gasteiger partial charge in [-0.25, -0.2) is 0 Å². The van der Waals surface area contributed by atoms with E-state index in [0.29, 0.717) is 30.3 Å². The Morgan fingerprint density at radius 3 is 2.58 bits per heavy atom. The van der Waals surface area contributed by atoms with Gasteiger partial charge in [0.25, 0.3) is 0 Å². The van der Waals surface area contributed by atoms with E-state index in [-0.39, 0.29) is 13.2 Å². The van der Waals surface area contributed by atoms with Gasteiger partial charge in [-0.2, -0.15) is 5.26 Å². The number of hydrogen-bond donors (Lipinski definition) is 1. The molecule has 0 aliphatic heterocycles. The zero-order valence-electron chi connectivity index (χ0n) is 11.3. The first kappa shape index (κ1) is 15.3. The van der Waals surface area contributed by atoms with Crippen molar-refractivity contribution in [3.05, 3.63) is 23.8 Å². The molecule has 0 heterocycles. The van der Waals surface area contributed by atoms with Crippen molar-refractivity contribution in [2.24, 2.45) is 0 Å². The second-order valence-corrected chi connectivity index (χ2v) is 3.83. The van der Waals surface area contributed by atoms with Crippen molar-refractivity contribution in [1.82, 2.24) is 0 Å². The number of ether oxygens (including phenoxy) is 3. The van der Waals surface area contributed by atoms with Crippen molar-refractivity contribution in [2.75, 3.05) is 26.4 Å². The van der Waals surface area contributed by atoms with E-state index in [4.69, 9.17) is 19.5 Å². The van der Waals surface area contributed by atoms with E-state index in [1.165, 1.54) is 0 Å². The van der Waals surface area contributed by atoms with E-state index in [0.717, 1.165) is 0 Å². The van der Waals surface area contributed by atoms with E-state index >= 15 is 0 Å². The first-order valence-corrected chi connectivity index (χ1v) is 6.26. The highest BCUT2D eigenvalue weighted by Gasteiger charge is 2.10. The normalized spacial score (nSPS) is 11.7. The molecule has 5 heteroatoms. The monoisotopic (exact) mass is 265 g/mol. The Morgan fingerprint density at radius 1 is 1.16 bits per heavy atom. The van der Waals surface area contributed by atoms with Crippen LogP contribution < -0.4 is 9.47 Å². The van der Waals surface area contributed by atoms with Crippen LogP contribution in [0.15, 0.2) is 18.2 Å². The molecule has 19 heavy (non-hydrogen) atoms. The lowest BCUT2D eigenvalue weighted by Crippen LogP contribution is -2.23. The molecule has 0 aliphatic carbocycles. The summed E-state index contributed by atoms with van der Waals surface area (Å²) in [4.78, 5) is 0. The zero-order chi connectivity index (χ0) is 14.1. The van der Waals surface area contributed by atoms with E-state index < -0.39 is 6.10 Å². The van der Waals surface area contributed by atoms with Crippen LogP contribution >= 0.6 is 0 Å². The van der Waals surface area contributed by atoms with E-state index in [9.17, 15) is 5.11 Å². The Labute approximate surface area is 113 Å². The molecule has 0 aromatic heterocycles. The summed E-state index contributed by atoms with van der Waals surface area (Å²) >= 11 is 0. The molecular weight excluding hydrogens is 246 g/mol. The lowest BCUT2D eigenvalue weighted by atomic mass is 10.2. The molecule has 0 saturated carbocycles. The summed E-state index contributed by atoms with van der Waals surface area (Å²) in [6.45, 7) is 5.10. The molecule has 0 aliphatic rings. The molecule has 1 aromatic rings. The molecule has 0 radical (unpaired) electrons. The van der Waals surface area contributed by atoms with Gasteiger partial charge >= 0.3 is 0 Å². The van der Waals surface area contributed by atoms with Crippen molar-refractivity contribution in [1.29, 1.82) is 5.26 Å². The fourth-order valence-electron chi connectivity index (χ4n) is 1.45. The van der Waals surface area contributed by atoms with Crippen LogP contribution in [0.2, 0.25) is 0 Å². The van der Waals surface area contributed by atoms with Gasteiger partial charge in [0.15, 0.2) is 11.5 Å². The summed E-state index contributed by atoms with van der Waals surface area (Å²) in [5.41, 5.74) is 0.505. The molecule has 0 bridgehead atoms. The van der Waals surface area contributed by atoms with Crippen LogP contribution in [0, 0.1) is 11.3 Å². The largest absolute Gasteiger partial charge is 0.490 e. The van der Waals surface area contributed by atoms with Gasteiger partial charge in [-0.3, -0.25) is 0 Å². The van der Waals surface area contributed by atoms with E-state index in [1.807, 2.05) is 19.9 Å². The highest BCUT2D eigenvalue weighted by molar-refractivity contribution is 5.46. The molecule has 104 valence electrons. The molecule has 1 unspecified atom stereocenters. The summed E-state index contributed by atoms with van der Waals surface area (Å²) in [5, 5.41) is 18.5. The highest BCUT2D eigenvalue weighted by atomic mass is 16.5. The predicted molar refractivity (Wildman–Crippen MR) is 70.3 cm³/mol. The SMILES string of the molecule is CCOCC(O)COc1ccc(C#N)cc1OCC. The Hall–Kier alpha value is -1.77. The molecule has 5 nitrogen and oxygen atoms in total. The lowest BCUT2D eigenvalue weighted by molar-refractivity contribution is 0.0158. The van der Waals surface area contributed by atoms with Gasteiger partial charge < -0.3 is 19.3 Å². The summed E-state index contributed by atoms with van der Waals surface area (Å²) in [5.74, 6) is 1.02. The molecule has 1 N–H and O–H groups in total. The van der Waals surface area contributed by atoms with E-state index in [1.54, 1.807) is 18.2 Å². The van der Waals surface area contributed by atoms with Crippen LogP contribution in [0.25, 0.3) is 0 Å². The summed E-state index contributed by atoms with van der Waals surface area (Å²) < 4.78 is 16.0. The minimum atomic E-state index is -0.690. The topological polar surface area (TPSA) is 71.7 Å². The fraction of sp³-hybridized carbons (Fsp3) is 0.500. The van der Waals surface area contributed by atoms with Crippen molar-refractivity contribution in [2.45, 2.75) is 20.0 Å². The second kappa shape index (κ2) is 8.35. The quantitative estimate of drug-likeness (QED) is 0.775. The summed E-state index contributed by atoms with van der Waals surface area (Å²) in [6.07, 6.45) is -0.690. The van der Waals surface area contributed by atoms with Gasteiger partial charge in [0.1, 0.15) is 12.7 Å². The minimum absolute atomic E-state index is 0.117. The number of rotatable bonds is 8. The van der Waals surface area contributed by atoms with Gasteiger partial charge in [-0.1, -0.05) is 0 Å². The number of aliphatic hydroxyl groups excluding tert-OH is 1. The Kier molecular flexibility index (Phi) is 6.72. The third-order valence-corrected chi connectivity index (χ3v) is 2.32. The number of benzene rings is 1. The standard InChI is InChI=1S/C14H19NO4/c1-3-17-9-12(16)10-19-13-6-5-11(8-15)7-14(13)18-4-2/h5-7,12,16H,3-4,9-10H2,1-2H3. The van der Waals surface area contributed by atoms with Gasteiger partial charge in [-0.15, -0.1) is 0 Å². The molecule has 1 rings (SSSR count). The van der Waals surface area contributed by atoms with Crippen molar-refractivity contribution in [3.63, 3.8) is 0 Å². The number of hydrogen-bond acceptors (Lipinski definition) is 5. The van der Waals surface area contributed by atoms with Crippen LogP contribution in [-0.2, 0) is 4.74 Å². The number of nitriles is 1. The maximum atomic E-state index is 9.62. The Bertz CT molecular complexity index is 428. The van der Waals surface area contributed by atoms with Crippen molar-refractivity contribution in [3.8, 4) is 17.6 Å². The van der Waals surface area contributed by atoms with Crippen LogP contribution in [0.5, 0.6) is 11.5 Å². The highest BCUT2D eigenvalue weighted by Crippen LogP contribution is 2.28. The Balaban J connectivity index is 2.64. The maximum absolute atomic E-state index is 9.62. The molecule has 0 fully saturated rings. The molecular formula is C14H19NO4. The van der Waals surface area contributed by atoms with Crippen molar-refractivity contribution >= 4 is 0 Å². The van der Waals surface area contributed by atoms with Gasteiger partial charge in [0, 0.05) is 12.7 Å². The maximum Gasteiger partial charge on any atom is 0.162 e. The Morgan fingerprint density at radius 2 is 1.95 bits per heavy atom. The molecule has 1 aromatic carbocycles. The van der Waals surface area contributed by atoms with Crippen molar-refractivity contribution < 1.29 is 19.3 Å². The van der Waals surface area contributed by atoms with Gasteiger partial charge in [-0.05, 0) is 26.0 Å². The summed E-state index contributed by atoms with van der Waals surface area (Å²) in [6, 6.07) is 6.97. The molecule has 0 spiro atoms. The average Bonchev–Trinajstić information content (AvgIpc) is 2.43. The predicted octanol–water partition coefficient (Wildman–Crippen LogP) is 1.73. The lowest BCUT2D eigenvalue weighted by Gasteiger charge is -2.15. The zero-order valence-corrected chi connectivity index (χ0v) is 11.3. The number of aliphatic hydroxyl groups is 1. The fourth-order valence-corrected chi connectivity index (χ4v) is 1.45. The minimum Gasteiger partial charge on any atom is -0.490 e. The number of nitrogens with zero attached hydrogens (tertiary/aromatic N) is 1. The molecule has 1 atom stereocenters. The van der Waals surface area contributed by atoms with Crippen LogP contribution in [0.4, 0.5) is 0 Å².